The van der Waals surface area contributed by atoms with Crippen molar-refractivity contribution in [3.8, 4) is 11.4 Å². The van der Waals surface area contributed by atoms with E-state index in [1.807, 2.05) is 32.9 Å². The number of hydrogen-bond acceptors (Lipinski definition) is 6. The maximum absolute atomic E-state index is 13.5. The van der Waals surface area contributed by atoms with Crippen LogP contribution in [0.5, 0.6) is 5.75 Å². The number of carbonyl (C=O) groups is 1. The molecule has 176 valence electrons. The Bertz CT molecular complexity index is 1380. The largest absolute Gasteiger partial charge is 0.494 e. The van der Waals surface area contributed by atoms with Gasteiger partial charge in [-0.2, -0.15) is 0 Å². The molecule has 0 saturated heterocycles. The zero-order valence-corrected chi connectivity index (χ0v) is 20.7. The van der Waals surface area contributed by atoms with Gasteiger partial charge in [-0.05, 0) is 74.4 Å². The number of nitrogens with zero attached hydrogens (tertiary/aromatic N) is 2. The van der Waals surface area contributed by atoms with E-state index in [0.717, 1.165) is 34.4 Å². The van der Waals surface area contributed by atoms with Crippen LogP contribution in [0, 0.1) is 19.7 Å². The summed E-state index contributed by atoms with van der Waals surface area (Å²) in [5, 5.41) is 3.78. The zero-order valence-electron chi connectivity index (χ0n) is 19.1. The first-order valence-corrected chi connectivity index (χ1v) is 12.6. The van der Waals surface area contributed by atoms with Crippen LogP contribution in [0.2, 0.25) is 0 Å². The minimum Gasteiger partial charge on any atom is -0.494 e. The highest BCUT2D eigenvalue weighted by Crippen LogP contribution is 2.29. The predicted octanol–water partition coefficient (Wildman–Crippen LogP) is 5.72. The van der Waals surface area contributed by atoms with Crippen molar-refractivity contribution in [2.75, 3.05) is 17.7 Å². The number of hydrogen-bond donors (Lipinski definition) is 1. The molecule has 2 aromatic carbocycles. The van der Waals surface area contributed by atoms with E-state index in [4.69, 9.17) is 4.74 Å². The molecule has 0 aliphatic heterocycles. The molecule has 0 radical (unpaired) electrons. The van der Waals surface area contributed by atoms with E-state index in [0.29, 0.717) is 33.4 Å². The Morgan fingerprint density at radius 2 is 1.85 bits per heavy atom. The fourth-order valence-corrected chi connectivity index (χ4v) is 5.25. The van der Waals surface area contributed by atoms with Crippen molar-refractivity contribution < 1.29 is 13.9 Å². The smallest absolute Gasteiger partial charge is 0.267 e. The third kappa shape index (κ3) is 5.15. The average Bonchev–Trinajstić information content (AvgIpc) is 3.11. The number of aryl methyl sites for hydroxylation is 2. The van der Waals surface area contributed by atoms with Crippen molar-refractivity contribution in [3.63, 3.8) is 0 Å². The minimum atomic E-state index is -0.395. The highest BCUT2D eigenvalue weighted by atomic mass is 32.2. The lowest BCUT2D eigenvalue weighted by Crippen LogP contribution is -2.22. The number of thiophene rings is 1. The third-order valence-electron chi connectivity index (χ3n) is 5.20. The van der Waals surface area contributed by atoms with Gasteiger partial charge in [0.15, 0.2) is 5.16 Å². The number of benzene rings is 2. The van der Waals surface area contributed by atoms with Gasteiger partial charge in [-0.15, -0.1) is 11.3 Å². The first kappa shape index (κ1) is 24.0. The normalized spacial score (nSPS) is 11.1. The second kappa shape index (κ2) is 10.4. The van der Waals surface area contributed by atoms with Gasteiger partial charge >= 0.3 is 0 Å². The maximum atomic E-state index is 13.5. The summed E-state index contributed by atoms with van der Waals surface area (Å²) in [5.41, 5.74) is 1.80. The molecule has 4 rings (SSSR count). The molecule has 0 bridgehead atoms. The van der Waals surface area contributed by atoms with E-state index in [9.17, 15) is 14.0 Å². The Morgan fingerprint density at radius 3 is 2.53 bits per heavy atom. The van der Waals surface area contributed by atoms with Gasteiger partial charge in [-0.25, -0.2) is 9.37 Å². The zero-order chi connectivity index (χ0) is 24.2. The van der Waals surface area contributed by atoms with Crippen molar-refractivity contribution >= 4 is 44.9 Å². The van der Waals surface area contributed by atoms with Crippen molar-refractivity contribution in [3.05, 3.63) is 75.1 Å². The fourth-order valence-electron chi connectivity index (χ4n) is 3.37. The molecule has 0 fully saturated rings. The number of aromatic nitrogens is 2. The molecular formula is C25H24FN3O3S2. The van der Waals surface area contributed by atoms with Crippen LogP contribution in [0.4, 0.5) is 10.1 Å². The van der Waals surface area contributed by atoms with E-state index in [2.05, 4.69) is 10.3 Å². The topological polar surface area (TPSA) is 73.2 Å². The van der Waals surface area contributed by atoms with Crippen molar-refractivity contribution in [1.29, 1.82) is 0 Å². The Balaban J connectivity index is 1.58. The Labute approximate surface area is 204 Å². The monoisotopic (exact) mass is 497 g/mol. The molecule has 0 aliphatic carbocycles. The first-order chi connectivity index (χ1) is 16.4. The lowest BCUT2D eigenvalue weighted by atomic mass is 10.2. The molecule has 0 saturated carbocycles. The SMILES string of the molecule is CCCOc1ccc(NC(=O)CSc2nc3sc(C)c(C)c3c(=O)n2-c2ccc(F)cc2)cc1. The molecule has 4 aromatic rings. The molecule has 0 spiro atoms. The van der Waals surface area contributed by atoms with Crippen LogP contribution in [-0.2, 0) is 4.79 Å². The fraction of sp³-hybridized carbons (Fsp3) is 0.240. The predicted molar refractivity (Wildman–Crippen MR) is 136 cm³/mol. The van der Waals surface area contributed by atoms with E-state index < -0.39 is 5.82 Å². The number of ether oxygens (including phenoxy) is 1. The molecule has 0 unspecified atom stereocenters. The molecule has 1 amide bonds. The number of nitrogens with one attached hydrogen (secondary N) is 1. The van der Waals surface area contributed by atoms with E-state index in [-0.39, 0.29) is 17.2 Å². The van der Waals surface area contributed by atoms with Gasteiger partial charge < -0.3 is 10.1 Å². The van der Waals surface area contributed by atoms with Crippen LogP contribution in [0.25, 0.3) is 15.9 Å². The summed E-state index contributed by atoms with van der Waals surface area (Å²) in [5.74, 6) is 0.173. The molecule has 9 heteroatoms. The molecule has 2 heterocycles. The summed E-state index contributed by atoms with van der Waals surface area (Å²) in [4.78, 5) is 32.4. The van der Waals surface area contributed by atoms with Crippen molar-refractivity contribution in [2.24, 2.45) is 0 Å². The number of anilines is 1. The van der Waals surface area contributed by atoms with Crippen LogP contribution in [0.15, 0.2) is 58.5 Å². The van der Waals surface area contributed by atoms with Gasteiger partial charge in [-0.1, -0.05) is 18.7 Å². The van der Waals surface area contributed by atoms with Gasteiger partial charge in [0.2, 0.25) is 5.91 Å². The summed E-state index contributed by atoms with van der Waals surface area (Å²) >= 11 is 2.61. The molecule has 0 aliphatic rings. The van der Waals surface area contributed by atoms with E-state index in [1.54, 1.807) is 12.1 Å². The van der Waals surface area contributed by atoms with Crippen LogP contribution in [-0.4, -0.2) is 27.8 Å². The molecule has 0 atom stereocenters. The quantitative estimate of drug-likeness (QED) is 0.249. The van der Waals surface area contributed by atoms with Gasteiger partial charge in [0, 0.05) is 10.6 Å². The molecule has 34 heavy (non-hydrogen) atoms. The second-order valence-corrected chi connectivity index (χ2v) is 9.83. The molecule has 1 N–H and O–H groups in total. The van der Waals surface area contributed by atoms with Crippen LogP contribution >= 0.6 is 23.1 Å². The number of amides is 1. The number of thioether (sulfide) groups is 1. The summed E-state index contributed by atoms with van der Waals surface area (Å²) in [6.45, 7) is 6.52. The first-order valence-electron chi connectivity index (χ1n) is 10.8. The number of rotatable bonds is 8. The minimum absolute atomic E-state index is 0.0521. The van der Waals surface area contributed by atoms with Gasteiger partial charge in [0.05, 0.1) is 23.4 Å². The highest BCUT2D eigenvalue weighted by molar-refractivity contribution is 7.99. The highest BCUT2D eigenvalue weighted by Gasteiger charge is 2.19. The molecular weight excluding hydrogens is 473 g/mol. The molecule has 6 nitrogen and oxygen atoms in total. The van der Waals surface area contributed by atoms with Gasteiger partial charge in [0.25, 0.3) is 5.56 Å². The average molecular weight is 498 g/mol. The van der Waals surface area contributed by atoms with Gasteiger partial charge in [-0.3, -0.25) is 14.2 Å². The van der Waals surface area contributed by atoms with Crippen LogP contribution < -0.4 is 15.6 Å². The standard InChI is InChI=1S/C25H24FN3O3S2/c1-4-13-32-20-11-7-18(8-12-20)27-21(30)14-33-25-28-23-22(15(2)16(3)34-23)24(31)29(25)19-9-5-17(26)6-10-19/h5-12H,4,13-14H2,1-3H3,(H,27,30). The van der Waals surface area contributed by atoms with Crippen molar-refractivity contribution in [1.82, 2.24) is 9.55 Å². The lowest BCUT2D eigenvalue weighted by molar-refractivity contribution is -0.113. The second-order valence-electron chi connectivity index (χ2n) is 7.68. The van der Waals surface area contributed by atoms with E-state index >= 15 is 0 Å². The molecule has 2 aromatic heterocycles. The summed E-state index contributed by atoms with van der Waals surface area (Å²) in [6.07, 6.45) is 0.920. The van der Waals surface area contributed by atoms with Gasteiger partial charge in [0.1, 0.15) is 16.4 Å². The summed E-state index contributed by atoms with van der Waals surface area (Å²) in [7, 11) is 0. The van der Waals surface area contributed by atoms with E-state index in [1.165, 1.54) is 40.2 Å². The number of halogens is 1. The van der Waals surface area contributed by atoms with Crippen molar-refractivity contribution in [2.45, 2.75) is 32.3 Å². The number of carbonyl (C=O) groups excluding carboxylic acids is 1. The van der Waals surface area contributed by atoms with Crippen LogP contribution in [0.1, 0.15) is 23.8 Å². The maximum Gasteiger partial charge on any atom is 0.267 e. The Hall–Kier alpha value is -3.17. The third-order valence-corrected chi connectivity index (χ3v) is 7.24. The summed E-state index contributed by atoms with van der Waals surface area (Å²) in [6, 6.07) is 12.8. The number of fused-ring (bicyclic) bond motifs is 1. The van der Waals surface area contributed by atoms with Crippen LogP contribution in [0.3, 0.4) is 0 Å². The summed E-state index contributed by atoms with van der Waals surface area (Å²) < 4.78 is 20.5. The Kier molecular flexibility index (Phi) is 7.33. The lowest BCUT2D eigenvalue weighted by Gasteiger charge is -2.12. The Morgan fingerprint density at radius 1 is 1.15 bits per heavy atom.